The number of likely N-dealkylation sites (tertiary alicyclic amines) is 1. The van der Waals surface area contributed by atoms with Crippen LogP contribution in [-0.2, 0) is 6.54 Å². The lowest BCUT2D eigenvalue weighted by atomic mass is 10.1. The SMILES string of the molecule is CCN1CCC[C@@H]1CNCc1ccc(OC)cc1OC. The first-order valence-corrected chi connectivity index (χ1v) is 7.44. The number of nitrogens with one attached hydrogen (secondary N) is 1. The molecule has 0 amide bonds. The smallest absolute Gasteiger partial charge is 0.127 e. The van der Waals surface area contributed by atoms with Crippen LogP contribution in [0.25, 0.3) is 0 Å². The predicted molar refractivity (Wildman–Crippen MR) is 81.5 cm³/mol. The molecule has 0 saturated carbocycles. The van der Waals surface area contributed by atoms with Gasteiger partial charge >= 0.3 is 0 Å². The normalized spacial score (nSPS) is 19.2. The summed E-state index contributed by atoms with van der Waals surface area (Å²) in [5, 5.41) is 3.56. The number of likely N-dealkylation sites (N-methyl/N-ethyl adjacent to an activating group) is 1. The number of hydrogen-bond acceptors (Lipinski definition) is 4. The molecule has 0 aliphatic carbocycles. The van der Waals surface area contributed by atoms with Crippen LogP contribution in [-0.4, -0.2) is 44.8 Å². The number of benzene rings is 1. The molecule has 1 saturated heterocycles. The Balaban J connectivity index is 1.87. The highest BCUT2D eigenvalue weighted by atomic mass is 16.5. The van der Waals surface area contributed by atoms with Crippen LogP contribution in [0.3, 0.4) is 0 Å². The van der Waals surface area contributed by atoms with Gasteiger partial charge in [0.2, 0.25) is 0 Å². The Morgan fingerprint density at radius 1 is 1.30 bits per heavy atom. The quantitative estimate of drug-likeness (QED) is 0.829. The molecule has 1 fully saturated rings. The second kappa shape index (κ2) is 7.50. The minimum absolute atomic E-state index is 0.684. The first-order valence-electron chi connectivity index (χ1n) is 7.44. The minimum Gasteiger partial charge on any atom is -0.497 e. The van der Waals surface area contributed by atoms with E-state index < -0.39 is 0 Å². The lowest BCUT2D eigenvalue weighted by Crippen LogP contribution is -2.37. The van der Waals surface area contributed by atoms with Crippen LogP contribution in [0.4, 0.5) is 0 Å². The Kier molecular flexibility index (Phi) is 5.68. The highest BCUT2D eigenvalue weighted by molar-refractivity contribution is 5.40. The van der Waals surface area contributed by atoms with Crippen molar-refractivity contribution in [1.82, 2.24) is 10.2 Å². The molecule has 1 aromatic rings. The lowest BCUT2D eigenvalue weighted by molar-refractivity contribution is 0.259. The van der Waals surface area contributed by atoms with Gasteiger partial charge in [-0.3, -0.25) is 4.90 Å². The topological polar surface area (TPSA) is 33.7 Å². The average Bonchev–Trinajstić information content (AvgIpc) is 2.95. The maximum absolute atomic E-state index is 5.42. The molecule has 0 radical (unpaired) electrons. The van der Waals surface area contributed by atoms with Crippen LogP contribution in [0.1, 0.15) is 25.3 Å². The molecule has 2 rings (SSSR count). The van der Waals surface area contributed by atoms with Crippen molar-refractivity contribution in [3.8, 4) is 11.5 Å². The number of methoxy groups -OCH3 is 2. The van der Waals surface area contributed by atoms with Gasteiger partial charge in [-0.15, -0.1) is 0 Å². The van der Waals surface area contributed by atoms with E-state index in [0.717, 1.165) is 31.1 Å². The Morgan fingerprint density at radius 3 is 2.85 bits per heavy atom. The number of rotatable bonds is 7. The molecule has 4 nitrogen and oxygen atoms in total. The molecule has 0 bridgehead atoms. The first-order chi connectivity index (χ1) is 9.78. The first kappa shape index (κ1) is 15.1. The maximum atomic E-state index is 5.42. The molecule has 0 unspecified atom stereocenters. The summed E-state index contributed by atoms with van der Waals surface area (Å²) in [6, 6.07) is 6.67. The summed E-state index contributed by atoms with van der Waals surface area (Å²) in [7, 11) is 3.38. The van der Waals surface area contributed by atoms with E-state index in [9.17, 15) is 0 Å². The fraction of sp³-hybridized carbons (Fsp3) is 0.625. The third-order valence-corrected chi connectivity index (χ3v) is 4.09. The van der Waals surface area contributed by atoms with Gasteiger partial charge in [0.05, 0.1) is 14.2 Å². The highest BCUT2D eigenvalue weighted by Gasteiger charge is 2.22. The van der Waals surface area contributed by atoms with Gasteiger partial charge in [-0.2, -0.15) is 0 Å². The third kappa shape index (κ3) is 3.64. The zero-order valence-corrected chi connectivity index (χ0v) is 12.8. The zero-order valence-electron chi connectivity index (χ0n) is 12.8. The van der Waals surface area contributed by atoms with Crippen molar-refractivity contribution in [2.24, 2.45) is 0 Å². The number of ether oxygens (including phenoxy) is 2. The van der Waals surface area contributed by atoms with Crippen molar-refractivity contribution in [3.63, 3.8) is 0 Å². The van der Waals surface area contributed by atoms with Gasteiger partial charge in [0.25, 0.3) is 0 Å². The molecule has 0 aromatic heterocycles. The molecule has 1 aromatic carbocycles. The Morgan fingerprint density at radius 2 is 2.15 bits per heavy atom. The second-order valence-corrected chi connectivity index (χ2v) is 5.23. The maximum Gasteiger partial charge on any atom is 0.127 e. The molecule has 1 atom stereocenters. The monoisotopic (exact) mass is 278 g/mol. The van der Waals surface area contributed by atoms with Crippen molar-refractivity contribution < 1.29 is 9.47 Å². The van der Waals surface area contributed by atoms with Gasteiger partial charge in [-0.1, -0.05) is 13.0 Å². The summed E-state index contributed by atoms with van der Waals surface area (Å²) < 4.78 is 10.6. The van der Waals surface area contributed by atoms with Gasteiger partial charge in [0.1, 0.15) is 11.5 Å². The van der Waals surface area contributed by atoms with Crippen LogP contribution in [0, 0.1) is 0 Å². The van der Waals surface area contributed by atoms with Gasteiger partial charge in [0, 0.05) is 30.8 Å². The molecule has 1 N–H and O–H groups in total. The number of hydrogen-bond donors (Lipinski definition) is 1. The van der Waals surface area contributed by atoms with Gasteiger partial charge in [-0.25, -0.2) is 0 Å². The van der Waals surface area contributed by atoms with E-state index in [4.69, 9.17) is 9.47 Å². The highest BCUT2D eigenvalue weighted by Crippen LogP contribution is 2.24. The average molecular weight is 278 g/mol. The van der Waals surface area contributed by atoms with Crippen LogP contribution in [0.5, 0.6) is 11.5 Å². The van der Waals surface area contributed by atoms with E-state index in [1.165, 1.54) is 24.9 Å². The Bertz CT molecular complexity index is 423. The second-order valence-electron chi connectivity index (χ2n) is 5.23. The lowest BCUT2D eigenvalue weighted by Gasteiger charge is -2.23. The fourth-order valence-electron chi connectivity index (χ4n) is 2.91. The van der Waals surface area contributed by atoms with E-state index >= 15 is 0 Å². The zero-order chi connectivity index (χ0) is 14.4. The van der Waals surface area contributed by atoms with Crippen molar-refractivity contribution in [3.05, 3.63) is 23.8 Å². The third-order valence-electron chi connectivity index (χ3n) is 4.09. The van der Waals surface area contributed by atoms with E-state index in [2.05, 4.69) is 23.2 Å². The standard InChI is InChI=1S/C16H26N2O2/c1-4-18-9-5-6-14(18)12-17-11-13-7-8-15(19-2)10-16(13)20-3/h7-8,10,14,17H,4-6,9,11-12H2,1-3H3/t14-/m1/s1. The van der Waals surface area contributed by atoms with E-state index in [1.807, 2.05) is 12.1 Å². The Hall–Kier alpha value is -1.26. The van der Waals surface area contributed by atoms with Crippen molar-refractivity contribution in [1.29, 1.82) is 0 Å². The molecule has 4 heteroatoms. The van der Waals surface area contributed by atoms with E-state index in [1.54, 1.807) is 14.2 Å². The molecular formula is C16H26N2O2. The van der Waals surface area contributed by atoms with Crippen molar-refractivity contribution >= 4 is 0 Å². The largest absolute Gasteiger partial charge is 0.497 e. The summed E-state index contributed by atoms with van der Waals surface area (Å²) in [5.74, 6) is 1.72. The molecule has 1 aliphatic rings. The summed E-state index contributed by atoms with van der Waals surface area (Å²) in [5.41, 5.74) is 1.18. The van der Waals surface area contributed by atoms with Gasteiger partial charge in [0.15, 0.2) is 0 Å². The fourth-order valence-corrected chi connectivity index (χ4v) is 2.91. The van der Waals surface area contributed by atoms with Gasteiger partial charge < -0.3 is 14.8 Å². The molecular weight excluding hydrogens is 252 g/mol. The van der Waals surface area contributed by atoms with E-state index in [-0.39, 0.29) is 0 Å². The molecule has 20 heavy (non-hydrogen) atoms. The van der Waals surface area contributed by atoms with Crippen LogP contribution in [0.15, 0.2) is 18.2 Å². The minimum atomic E-state index is 0.684. The van der Waals surface area contributed by atoms with Crippen LogP contribution >= 0.6 is 0 Å². The molecule has 112 valence electrons. The molecule has 1 aliphatic heterocycles. The van der Waals surface area contributed by atoms with Gasteiger partial charge in [-0.05, 0) is 32.0 Å². The Labute approximate surface area is 122 Å². The number of nitrogens with zero attached hydrogens (tertiary/aromatic N) is 1. The summed E-state index contributed by atoms with van der Waals surface area (Å²) in [6.07, 6.45) is 2.63. The van der Waals surface area contributed by atoms with Crippen molar-refractivity contribution in [2.45, 2.75) is 32.4 Å². The van der Waals surface area contributed by atoms with Crippen LogP contribution in [0.2, 0.25) is 0 Å². The summed E-state index contributed by atoms with van der Waals surface area (Å²) in [4.78, 5) is 2.55. The predicted octanol–water partition coefficient (Wildman–Crippen LogP) is 2.28. The van der Waals surface area contributed by atoms with Crippen LogP contribution < -0.4 is 14.8 Å². The van der Waals surface area contributed by atoms with Crippen molar-refractivity contribution in [2.75, 3.05) is 33.9 Å². The molecule has 1 heterocycles. The van der Waals surface area contributed by atoms with E-state index in [0.29, 0.717) is 6.04 Å². The molecule has 0 spiro atoms. The summed E-state index contributed by atoms with van der Waals surface area (Å²) in [6.45, 7) is 6.52. The summed E-state index contributed by atoms with van der Waals surface area (Å²) >= 11 is 0.